The fourth-order valence-electron chi connectivity index (χ4n) is 1.36. The molecule has 1 rings (SSSR count). The first-order valence-electron chi connectivity index (χ1n) is 5.47. The summed E-state index contributed by atoms with van der Waals surface area (Å²) >= 11 is 0. The van der Waals surface area contributed by atoms with Gasteiger partial charge in [0, 0.05) is 6.42 Å². The van der Waals surface area contributed by atoms with Crippen molar-refractivity contribution in [2.75, 3.05) is 0 Å². The molecule has 0 bridgehead atoms. The van der Waals surface area contributed by atoms with Gasteiger partial charge in [0.25, 0.3) is 0 Å². The smallest absolute Gasteiger partial charge is 0.303 e. The summed E-state index contributed by atoms with van der Waals surface area (Å²) in [5.74, 6) is -1.05. The van der Waals surface area contributed by atoms with Gasteiger partial charge in [-0.25, -0.2) is 4.39 Å². The third-order valence-corrected chi connectivity index (χ3v) is 2.87. The molecule has 0 spiro atoms. The summed E-state index contributed by atoms with van der Waals surface area (Å²) < 4.78 is 19.2. The van der Waals surface area contributed by atoms with Gasteiger partial charge >= 0.3 is 5.97 Å². The first-order chi connectivity index (χ1) is 7.78. The largest absolute Gasteiger partial charge is 0.542 e. The topological polar surface area (TPSA) is 46.5 Å². The van der Waals surface area contributed by atoms with E-state index in [4.69, 9.17) is 9.53 Å². The van der Waals surface area contributed by atoms with Gasteiger partial charge in [0.05, 0.1) is 0 Å². The van der Waals surface area contributed by atoms with E-state index in [1.807, 2.05) is 19.6 Å². The average Bonchev–Trinajstić information content (AvgIpc) is 2.17. The maximum Gasteiger partial charge on any atom is 0.303 e. The van der Waals surface area contributed by atoms with Gasteiger partial charge in [-0.3, -0.25) is 4.79 Å². The Balaban J connectivity index is 2.76. The second-order valence-corrected chi connectivity index (χ2v) is 9.30. The van der Waals surface area contributed by atoms with Gasteiger partial charge in [-0.2, -0.15) is 0 Å². The van der Waals surface area contributed by atoms with Gasteiger partial charge in [-0.1, -0.05) is 6.07 Å². The van der Waals surface area contributed by atoms with Crippen LogP contribution in [-0.4, -0.2) is 19.4 Å². The third-order valence-electron chi connectivity index (χ3n) is 2.04. The quantitative estimate of drug-likeness (QED) is 0.824. The molecular weight excluding hydrogens is 239 g/mol. The standard InChI is InChI=1S/C12H17FO3Si/c1-17(2,3)16-11-6-4-9(8-10(11)13)5-7-12(14)15/h4,6,8H,5,7H2,1-3H3,(H,14,15). The van der Waals surface area contributed by atoms with Gasteiger partial charge < -0.3 is 9.53 Å². The highest BCUT2D eigenvalue weighted by atomic mass is 28.4. The van der Waals surface area contributed by atoms with Gasteiger partial charge in [0.2, 0.25) is 8.32 Å². The van der Waals surface area contributed by atoms with E-state index in [0.717, 1.165) is 0 Å². The Bertz CT molecular complexity index is 413. The lowest BCUT2D eigenvalue weighted by molar-refractivity contribution is -0.136. The Morgan fingerprint density at radius 3 is 2.53 bits per heavy atom. The van der Waals surface area contributed by atoms with Crippen molar-refractivity contribution in [3.63, 3.8) is 0 Å². The van der Waals surface area contributed by atoms with Crippen LogP contribution in [0.15, 0.2) is 18.2 Å². The minimum absolute atomic E-state index is 0.00760. The van der Waals surface area contributed by atoms with E-state index in [0.29, 0.717) is 12.0 Å². The number of aliphatic carboxylic acids is 1. The zero-order chi connectivity index (χ0) is 13.1. The molecular formula is C12H17FO3Si. The molecule has 0 aliphatic carbocycles. The zero-order valence-electron chi connectivity index (χ0n) is 10.3. The van der Waals surface area contributed by atoms with Crippen molar-refractivity contribution >= 4 is 14.3 Å². The molecule has 5 heteroatoms. The van der Waals surface area contributed by atoms with Crippen LogP contribution in [0.4, 0.5) is 4.39 Å². The van der Waals surface area contributed by atoms with Crippen molar-refractivity contribution in [2.24, 2.45) is 0 Å². The maximum atomic E-state index is 13.7. The van der Waals surface area contributed by atoms with Crippen molar-refractivity contribution in [1.29, 1.82) is 0 Å². The Morgan fingerprint density at radius 2 is 2.06 bits per heavy atom. The summed E-state index contributed by atoms with van der Waals surface area (Å²) in [6, 6.07) is 4.63. The normalized spacial score (nSPS) is 11.3. The van der Waals surface area contributed by atoms with Gasteiger partial charge in [-0.05, 0) is 43.8 Å². The number of hydrogen-bond acceptors (Lipinski definition) is 2. The SMILES string of the molecule is C[Si](C)(C)Oc1ccc(CCC(=O)O)cc1F. The molecule has 0 aliphatic heterocycles. The molecule has 0 heterocycles. The van der Waals surface area contributed by atoms with Crippen LogP contribution in [0.1, 0.15) is 12.0 Å². The van der Waals surface area contributed by atoms with Gasteiger partial charge in [-0.15, -0.1) is 0 Å². The molecule has 1 N–H and O–H groups in total. The average molecular weight is 256 g/mol. The number of rotatable bonds is 5. The fourth-order valence-corrected chi connectivity index (χ4v) is 2.19. The van der Waals surface area contributed by atoms with E-state index in [1.165, 1.54) is 6.07 Å². The number of carboxylic acid groups (broad SMARTS) is 1. The first-order valence-corrected chi connectivity index (χ1v) is 8.88. The molecule has 1 aromatic carbocycles. The second kappa shape index (κ2) is 5.31. The van der Waals surface area contributed by atoms with E-state index >= 15 is 0 Å². The summed E-state index contributed by atoms with van der Waals surface area (Å²) in [5, 5.41) is 8.54. The van der Waals surface area contributed by atoms with E-state index in [-0.39, 0.29) is 12.2 Å². The van der Waals surface area contributed by atoms with Crippen LogP contribution in [0.2, 0.25) is 19.6 Å². The molecule has 0 unspecified atom stereocenters. The number of halogens is 1. The molecule has 0 radical (unpaired) electrons. The monoisotopic (exact) mass is 256 g/mol. The predicted molar refractivity (Wildman–Crippen MR) is 66.3 cm³/mol. The number of hydrogen-bond donors (Lipinski definition) is 1. The number of carbonyl (C=O) groups is 1. The molecule has 0 aromatic heterocycles. The van der Waals surface area contributed by atoms with E-state index < -0.39 is 20.1 Å². The van der Waals surface area contributed by atoms with Crippen molar-refractivity contribution in [3.05, 3.63) is 29.6 Å². The van der Waals surface area contributed by atoms with E-state index in [1.54, 1.807) is 12.1 Å². The highest BCUT2D eigenvalue weighted by Crippen LogP contribution is 2.22. The Labute approximate surface area is 101 Å². The molecule has 1 aromatic rings. The number of benzene rings is 1. The summed E-state index contributed by atoms with van der Waals surface area (Å²) in [6.45, 7) is 5.93. The number of aryl methyl sites for hydroxylation is 1. The maximum absolute atomic E-state index is 13.7. The molecule has 0 aliphatic rings. The zero-order valence-corrected chi connectivity index (χ0v) is 11.3. The molecule has 0 saturated heterocycles. The molecule has 0 amide bonds. The van der Waals surface area contributed by atoms with Crippen LogP contribution in [0.25, 0.3) is 0 Å². The Kier molecular flexibility index (Phi) is 4.28. The highest BCUT2D eigenvalue weighted by Gasteiger charge is 2.18. The summed E-state index contributed by atoms with van der Waals surface area (Å²) in [6.07, 6.45) is 0.340. The molecule has 0 saturated carbocycles. The minimum atomic E-state index is -1.82. The van der Waals surface area contributed by atoms with Crippen molar-refractivity contribution in [2.45, 2.75) is 32.5 Å². The van der Waals surface area contributed by atoms with Crippen LogP contribution >= 0.6 is 0 Å². The lowest BCUT2D eigenvalue weighted by atomic mass is 10.1. The minimum Gasteiger partial charge on any atom is -0.542 e. The molecule has 17 heavy (non-hydrogen) atoms. The molecule has 0 fully saturated rings. The van der Waals surface area contributed by atoms with Crippen LogP contribution < -0.4 is 4.43 Å². The molecule has 94 valence electrons. The van der Waals surface area contributed by atoms with Gasteiger partial charge in [0.15, 0.2) is 5.82 Å². The van der Waals surface area contributed by atoms with Crippen LogP contribution in [0.3, 0.4) is 0 Å². The second-order valence-electron chi connectivity index (χ2n) is 4.87. The van der Waals surface area contributed by atoms with E-state index in [9.17, 15) is 9.18 Å². The van der Waals surface area contributed by atoms with Crippen molar-refractivity contribution < 1.29 is 18.7 Å². The highest BCUT2D eigenvalue weighted by molar-refractivity contribution is 6.70. The van der Waals surface area contributed by atoms with E-state index in [2.05, 4.69) is 0 Å². The Hall–Kier alpha value is -1.36. The molecule has 0 atom stereocenters. The third kappa shape index (κ3) is 4.99. The fraction of sp³-hybridized carbons (Fsp3) is 0.417. The van der Waals surface area contributed by atoms with Crippen LogP contribution in [-0.2, 0) is 11.2 Å². The lowest BCUT2D eigenvalue weighted by Crippen LogP contribution is -2.29. The van der Waals surface area contributed by atoms with Crippen molar-refractivity contribution in [1.82, 2.24) is 0 Å². The van der Waals surface area contributed by atoms with Crippen molar-refractivity contribution in [3.8, 4) is 5.75 Å². The number of carboxylic acids is 1. The Morgan fingerprint density at radius 1 is 1.41 bits per heavy atom. The predicted octanol–water partition coefficient (Wildman–Crippen LogP) is 3.06. The van der Waals surface area contributed by atoms with Crippen LogP contribution in [0.5, 0.6) is 5.75 Å². The summed E-state index contributed by atoms with van der Waals surface area (Å²) in [7, 11) is -1.82. The lowest BCUT2D eigenvalue weighted by Gasteiger charge is -2.19. The van der Waals surface area contributed by atoms with Gasteiger partial charge in [0.1, 0.15) is 5.75 Å². The first kappa shape index (κ1) is 13.7. The van der Waals surface area contributed by atoms with Crippen LogP contribution in [0, 0.1) is 5.82 Å². The molecule has 3 nitrogen and oxygen atoms in total. The summed E-state index contributed by atoms with van der Waals surface area (Å²) in [5.41, 5.74) is 0.674. The summed E-state index contributed by atoms with van der Waals surface area (Å²) in [4.78, 5) is 10.4.